The number of nitrogens with one attached hydrogen (secondary N) is 1. The van der Waals surface area contributed by atoms with Crippen LogP contribution in [0.25, 0.3) is 11.4 Å². The van der Waals surface area contributed by atoms with Gasteiger partial charge in [0.2, 0.25) is 10.0 Å². The highest BCUT2D eigenvalue weighted by Gasteiger charge is 2.28. The van der Waals surface area contributed by atoms with Crippen LogP contribution in [0.15, 0.2) is 59.8 Å². The number of halogens is 1. The van der Waals surface area contributed by atoms with Gasteiger partial charge in [0, 0.05) is 18.7 Å². The van der Waals surface area contributed by atoms with E-state index < -0.39 is 15.9 Å². The Kier molecular flexibility index (Phi) is 5.90. The number of amides is 1. The summed E-state index contributed by atoms with van der Waals surface area (Å²) in [4.78, 5) is 21.2. The van der Waals surface area contributed by atoms with E-state index >= 15 is 0 Å². The van der Waals surface area contributed by atoms with E-state index in [1.165, 1.54) is 41.0 Å². The number of sulfonamides is 1. The number of phenols is 1. The molecule has 0 bridgehead atoms. The molecule has 2 N–H and O–H groups in total. The fourth-order valence-electron chi connectivity index (χ4n) is 3.30. The lowest BCUT2D eigenvalue weighted by molar-refractivity contribution is 0.102. The average molecular weight is 459 g/mol. The topological polar surface area (TPSA) is 112 Å². The standard InChI is InChI=1S/C21H19ClN4O4S/c22-19-7-6-17(31(29,30)26-8-1-2-9-26)11-18(19)21(28)25-15-12-23-20(24-13-15)14-4-3-5-16(27)10-14/h3-7,10-13,27H,1-2,8-9H2,(H,25,28). The van der Waals surface area contributed by atoms with Crippen LogP contribution in [0.3, 0.4) is 0 Å². The summed E-state index contributed by atoms with van der Waals surface area (Å²) in [5.74, 6) is -0.0975. The van der Waals surface area contributed by atoms with E-state index in [0.717, 1.165) is 12.8 Å². The van der Waals surface area contributed by atoms with E-state index in [1.54, 1.807) is 18.2 Å². The van der Waals surface area contributed by atoms with Gasteiger partial charge in [0.15, 0.2) is 5.82 Å². The van der Waals surface area contributed by atoms with Crippen molar-refractivity contribution in [3.05, 3.63) is 65.4 Å². The maximum atomic E-state index is 12.8. The summed E-state index contributed by atoms with van der Waals surface area (Å²) < 4.78 is 27.0. The zero-order valence-electron chi connectivity index (χ0n) is 16.3. The molecule has 8 nitrogen and oxygen atoms in total. The third-order valence-electron chi connectivity index (χ3n) is 4.90. The van der Waals surface area contributed by atoms with Crippen LogP contribution in [0.5, 0.6) is 5.75 Å². The lowest BCUT2D eigenvalue weighted by Gasteiger charge is -2.16. The molecule has 0 saturated carbocycles. The number of carbonyl (C=O) groups is 1. The molecule has 0 atom stereocenters. The molecule has 0 aliphatic carbocycles. The molecular weight excluding hydrogens is 440 g/mol. The molecule has 1 aliphatic rings. The van der Waals surface area contributed by atoms with Crippen molar-refractivity contribution in [1.82, 2.24) is 14.3 Å². The van der Waals surface area contributed by atoms with Crippen molar-refractivity contribution < 1.29 is 18.3 Å². The highest BCUT2D eigenvalue weighted by Crippen LogP contribution is 2.26. The fourth-order valence-corrected chi connectivity index (χ4v) is 5.05. The summed E-state index contributed by atoms with van der Waals surface area (Å²) in [6, 6.07) is 10.6. The molecule has 0 spiro atoms. The molecule has 1 aromatic heterocycles. The molecule has 1 fully saturated rings. The minimum Gasteiger partial charge on any atom is -0.508 e. The van der Waals surface area contributed by atoms with Gasteiger partial charge in [0.25, 0.3) is 5.91 Å². The highest BCUT2D eigenvalue weighted by atomic mass is 35.5. The number of nitrogens with zero attached hydrogens (tertiary/aromatic N) is 3. The Morgan fingerprint density at radius 2 is 1.77 bits per heavy atom. The molecule has 4 rings (SSSR count). The second-order valence-electron chi connectivity index (χ2n) is 7.05. The minimum atomic E-state index is -3.67. The SMILES string of the molecule is O=C(Nc1cnc(-c2cccc(O)c2)nc1)c1cc(S(=O)(=O)N2CCCC2)ccc1Cl. The highest BCUT2D eigenvalue weighted by molar-refractivity contribution is 7.89. The van der Waals surface area contributed by atoms with Crippen LogP contribution in [0.4, 0.5) is 5.69 Å². The molecule has 1 saturated heterocycles. The number of rotatable bonds is 5. The molecule has 1 amide bonds. The van der Waals surface area contributed by atoms with E-state index in [0.29, 0.717) is 30.2 Å². The zero-order chi connectivity index (χ0) is 22.0. The van der Waals surface area contributed by atoms with Crippen LogP contribution in [-0.2, 0) is 10.0 Å². The van der Waals surface area contributed by atoms with Gasteiger partial charge in [0.1, 0.15) is 5.75 Å². The van der Waals surface area contributed by atoms with E-state index in [9.17, 15) is 18.3 Å². The van der Waals surface area contributed by atoms with E-state index in [2.05, 4.69) is 15.3 Å². The number of hydrogen-bond acceptors (Lipinski definition) is 6. The summed E-state index contributed by atoms with van der Waals surface area (Å²) >= 11 is 6.16. The Labute approximate surface area is 184 Å². The molecule has 3 aromatic rings. The van der Waals surface area contributed by atoms with Crippen LogP contribution in [0, 0.1) is 0 Å². The van der Waals surface area contributed by atoms with Crippen molar-refractivity contribution in [2.45, 2.75) is 17.7 Å². The third kappa shape index (κ3) is 4.53. The molecule has 0 radical (unpaired) electrons. The summed E-state index contributed by atoms with van der Waals surface area (Å²) in [7, 11) is -3.67. The predicted molar refractivity (Wildman–Crippen MR) is 117 cm³/mol. The lowest BCUT2D eigenvalue weighted by Crippen LogP contribution is -2.28. The number of benzene rings is 2. The van der Waals surface area contributed by atoms with Crippen LogP contribution < -0.4 is 5.32 Å². The Morgan fingerprint density at radius 3 is 2.45 bits per heavy atom. The van der Waals surface area contributed by atoms with E-state index in [4.69, 9.17) is 11.6 Å². The van der Waals surface area contributed by atoms with Gasteiger partial charge in [-0.05, 0) is 43.2 Å². The van der Waals surface area contributed by atoms with Crippen LogP contribution in [-0.4, -0.2) is 46.8 Å². The van der Waals surface area contributed by atoms with Gasteiger partial charge in [-0.1, -0.05) is 23.7 Å². The largest absolute Gasteiger partial charge is 0.508 e. The Balaban J connectivity index is 1.54. The number of hydrogen-bond donors (Lipinski definition) is 2. The minimum absolute atomic E-state index is 0.0273. The van der Waals surface area contributed by atoms with E-state index in [-0.39, 0.29) is 21.2 Å². The maximum absolute atomic E-state index is 12.8. The number of carbonyl (C=O) groups excluding carboxylic acids is 1. The van der Waals surface area contributed by atoms with Gasteiger partial charge in [0.05, 0.1) is 33.6 Å². The molecule has 31 heavy (non-hydrogen) atoms. The van der Waals surface area contributed by atoms with Gasteiger partial charge in [-0.25, -0.2) is 18.4 Å². The molecule has 2 aromatic carbocycles. The smallest absolute Gasteiger partial charge is 0.257 e. The molecule has 10 heteroatoms. The van der Waals surface area contributed by atoms with Crippen molar-refractivity contribution in [3.63, 3.8) is 0 Å². The molecule has 0 unspecified atom stereocenters. The summed E-state index contributed by atoms with van der Waals surface area (Å²) in [5.41, 5.74) is 0.984. The first kappa shape index (κ1) is 21.2. The van der Waals surface area contributed by atoms with Gasteiger partial charge in [-0.15, -0.1) is 0 Å². The average Bonchev–Trinajstić information content (AvgIpc) is 3.30. The molecule has 1 aliphatic heterocycles. The van der Waals surface area contributed by atoms with Crippen LogP contribution in [0.2, 0.25) is 5.02 Å². The Hall–Kier alpha value is -3.01. The quantitative estimate of drug-likeness (QED) is 0.604. The molecule has 160 valence electrons. The van der Waals surface area contributed by atoms with Crippen molar-refractivity contribution >= 4 is 33.2 Å². The van der Waals surface area contributed by atoms with Crippen molar-refractivity contribution in [3.8, 4) is 17.1 Å². The maximum Gasteiger partial charge on any atom is 0.257 e. The first-order chi connectivity index (χ1) is 14.8. The molecular formula is C21H19ClN4O4S. The van der Waals surface area contributed by atoms with Gasteiger partial charge >= 0.3 is 0 Å². The van der Waals surface area contributed by atoms with Crippen molar-refractivity contribution in [2.24, 2.45) is 0 Å². The van der Waals surface area contributed by atoms with Gasteiger partial charge in [-0.3, -0.25) is 4.79 Å². The zero-order valence-corrected chi connectivity index (χ0v) is 17.9. The van der Waals surface area contributed by atoms with Crippen molar-refractivity contribution in [2.75, 3.05) is 18.4 Å². The second-order valence-corrected chi connectivity index (χ2v) is 9.40. The second kappa shape index (κ2) is 8.62. The van der Waals surface area contributed by atoms with Gasteiger partial charge in [-0.2, -0.15) is 4.31 Å². The third-order valence-corrected chi connectivity index (χ3v) is 7.12. The summed E-state index contributed by atoms with van der Waals surface area (Å²) in [5, 5.41) is 12.3. The van der Waals surface area contributed by atoms with Crippen LogP contribution in [0.1, 0.15) is 23.2 Å². The summed E-state index contributed by atoms with van der Waals surface area (Å²) in [6.45, 7) is 0.935. The number of aromatic hydroxyl groups is 1. The number of phenolic OH excluding ortho intramolecular Hbond substituents is 1. The van der Waals surface area contributed by atoms with Crippen molar-refractivity contribution in [1.29, 1.82) is 0 Å². The van der Waals surface area contributed by atoms with E-state index in [1.807, 2.05) is 0 Å². The fraction of sp³-hybridized carbons (Fsp3) is 0.190. The lowest BCUT2D eigenvalue weighted by atomic mass is 10.2. The monoisotopic (exact) mass is 458 g/mol. The Bertz CT molecular complexity index is 1230. The van der Waals surface area contributed by atoms with Crippen LogP contribution >= 0.6 is 11.6 Å². The molecule has 2 heterocycles. The Morgan fingerprint density at radius 1 is 1.06 bits per heavy atom. The number of anilines is 1. The predicted octanol–water partition coefficient (Wildman–Crippen LogP) is 3.54. The van der Waals surface area contributed by atoms with Gasteiger partial charge < -0.3 is 10.4 Å². The first-order valence-corrected chi connectivity index (χ1v) is 11.4. The first-order valence-electron chi connectivity index (χ1n) is 9.57. The number of aromatic nitrogens is 2. The summed E-state index contributed by atoms with van der Waals surface area (Å²) in [6.07, 6.45) is 4.48. The normalized spacial score (nSPS) is 14.5.